The molecule has 25 heavy (non-hydrogen) atoms. The van der Waals surface area contributed by atoms with Crippen molar-refractivity contribution in [2.45, 2.75) is 19.8 Å². The zero-order valence-corrected chi connectivity index (χ0v) is 15.6. The van der Waals surface area contributed by atoms with Crippen molar-refractivity contribution in [1.29, 1.82) is 0 Å². The third-order valence-electron chi connectivity index (χ3n) is 4.27. The third-order valence-corrected chi connectivity index (χ3v) is 5.14. The van der Waals surface area contributed by atoms with E-state index in [-0.39, 0.29) is 24.2 Å². The largest absolute Gasteiger partial charge is 0.326 e. The van der Waals surface area contributed by atoms with Crippen LogP contribution in [-0.4, -0.2) is 24.9 Å². The Bertz CT molecular complexity index is 728. The first-order valence-electron chi connectivity index (χ1n) is 8.04. The number of benzene rings is 1. The summed E-state index contributed by atoms with van der Waals surface area (Å²) in [6.45, 7) is 3.64. The number of hydrogen-bond donors (Lipinski definition) is 3. The summed E-state index contributed by atoms with van der Waals surface area (Å²) in [5, 5.41) is 11.0. The number of hydrogen-bond acceptors (Lipinski definition) is 4. The van der Waals surface area contributed by atoms with E-state index in [1.54, 1.807) is 12.1 Å². The molecule has 1 unspecified atom stereocenters. The van der Waals surface area contributed by atoms with Crippen LogP contribution in [0.2, 0.25) is 0 Å². The molecule has 134 valence electrons. The zero-order valence-electron chi connectivity index (χ0n) is 14.0. The first-order chi connectivity index (χ1) is 11.6. The Morgan fingerprint density at radius 1 is 1.16 bits per heavy atom. The van der Waals surface area contributed by atoms with Gasteiger partial charge in [-0.05, 0) is 56.0 Å². The van der Waals surface area contributed by atoms with Gasteiger partial charge in [0, 0.05) is 17.9 Å². The van der Waals surface area contributed by atoms with Crippen molar-refractivity contribution in [3.05, 3.63) is 46.7 Å². The summed E-state index contributed by atoms with van der Waals surface area (Å²) in [7, 11) is 0. The molecule has 7 heteroatoms. The van der Waals surface area contributed by atoms with E-state index >= 15 is 0 Å². The monoisotopic (exact) mass is 379 g/mol. The maximum Gasteiger partial charge on any atom is 0.265 e. The maximum absolute atomic E-state index is 12.6. The fourth-order valence-corrected chi connectivity index (χ4v) is 3.43. The lowest BCUT2D eigenvalue weighted by molar-refractivity contribution is -0.125. The van der Waals surface area contributed by atoms with Crippen LogP contribution >= 0.6 is 23.7 Å². The molecular formula is C18H22ClN3O2S. The number of anilines is 2. The minimum Gasteiger partial charge on any atom is -0.326 e. The molecule has 1 saturated heterocycles. The van der Waals surface area contributed by atoms with Gasteiger partial charge in [-0.2, -0.15) is 0 Å². The van der Waals surface area contributed by atoms with Gasteiger partial charge in [-0.15, -0.1) is 23.7 Å². The number of nitrogens with one attached hydrogen (secondary N) is 3. The summed E-state index contributed by atoms with van der Waals surface area (Å²) in [5.41, 5.74) is 0.961. The van der Waals surface area contributed by atoms with Crippen molar-refractivity contribution >= 4 is 46.9 Å². The van der Waals surface area contributed by atoms with Crippen LogP contribution in [0.25, 0.3) is 0 Å². The van der Waals surface area contributed by atoms with Crippen molar-refractivity contribution < 1.29 is 9.59 Å². The van der Waals surface area contributed by atoms with E-state index in [9.17, 15) is 9.59 Å². The summed E-state index contributed by atoms with van der Waals surface area (Å²) < 4.78 is 0. The van der Waals surface area contributed by atoms with Crippen LogP contribution in [0.5, 0.6) is 0 Å². The Balaban J connectivity index is 0.00000225. The van der Waals surface area contributed by atoms with Crippen LogP contribution in [0, 0.1) is 5.41 Å². The average Bonchev–Trinajstić information content (AvgIpc) is 3.10. The van der Waals surface area contributed by atoms with Crippen LogP contribution in [0.4, 0.5) is 11.4 Å². The van der Waals surface area contributed by atoms with Crippen LogP contribution in [0.1, 0.15) is 29.4 Å². The summed E-state index contributed by atoms with van der Waals surface area (Å²) in [4.78, 5) is 25.3. The molecule has 3 N–H and O–H groups in total. The van der Waals surface area contributed by atoms with Gasteiger partial charge in [0.15, 0.2) is 0 Å². The summed E-state index contributed by atoms with van der Waals surface area (Å²) >= 11 is 1.39. The van der Waals surface area contributed by atoms with E-state index in [4.69, 9.17) is 0 Å². The Hall–Kier alpha value is -1.89. The highest BCUT2D eigenvalue weighted by Gasteiger charge is 2.34. The van der Waals surface area contributed by atoms with E-state index in [0.717, 1.165) is 19.4 Å². The van der Waals surface area contributed by atoms with Gasteiger partial charge in [-0.3, -0.25) is 9.59 Å². The highest BCUT2D eigenvalue weighted by atomic mass is 35.5. The Morgan fingerprint density at radius 2 is 1.92 bits per heavy atom. The molecule has 0 bridgehead atoms. The van der Waals surface area contributed by atoms with Gasteiger partial charge in [0.25, 0.3) is 5.91 Å². The van der Waals surface area contributed by atoms with Crippen molar-refractivity contribution in [3.8, 4) is 0 Å². The third kappa shape index (κ3) is 4.81. The van der Waals surface area contributed by atoms with Gasteiger partial charge in [0.05, 0.1) is 10.3 Å². The van der Waals surface area contributed by atoms with E-state index in [0.29, 0.717) is 22.8 Å². The predicted octanol–water partition coefficient (Wildman–Crippen LogP) is 3.75. The molecular weight excluding hydrogens is 358 g/mol. The lowest BCUT2D eigenvalue weighted by atomic mass is 9.82. The number of piperidine rings is 1. The molecule has 1 aromatic carbocycles. The number of thiophene rings is 1. The van der Waals surface area contributed by atoms with Gasteiger partial charge < -0.3 is 16.0 Å². The summed E-state index contributed by atoms with van der Waals surface area (Å²) in [6, 6.07) is 10.9. The standard InChI is InChI=1S/C18H21N3O2S.ClH/c1-18(8-4-9-19-12-18)17(23)21-14-6-2-5-13(11-14)20-16(22)15-7-3-10-24-15;/h2-3,5-7,10-11,19H,4,8-9,12H2,1H3,(H,20,22)(H,21,23);1H. The molecule has 1 aliphatic heterocycles. The average molecular weight is 380 g/mol. The molecule has 1 aromatic heterocycles. The predicted molar refractivity (Wildman–Crippen MR) is 105 cm³/mol. The van der Waals surface area contributed by atoms with Crippen LogP contribution in [-0.2, 0) is 4.79 Å². The van der Waals surface area contributed by atoms with E-state index in [1.165, 1.54) is 11.3 Å². The van der Waals surface area contributed by atoms with Crippen molar-refractivity contribution in [2.24, 2.45) is 5.41 Å². The molecule has 0 aliphatic carbocycles. The topological polar surface area (TPSA) is 70.2 Å². The number of carbonyl (C=O) groups excluding carboxylic acids is 2. The molecule has 1 fully saturated rings. The van der Waals surface area contributed by atoms with Crippen LogP contribution < -0.4 is 16.0 Å². The lowest BCUT2D eigenvalue weighted by Gasteiger charge is -2.32. The first kappa shape index (κ1) is 19.4. The second kappa shape index (κ2) is 8.47. The first-order valence-corrected chi connectivity index (χ1v) is 8.92. The molecule has 0 saturated carbocycles. The van der Waals surface area contributed by atoms with Crippen molar-refractivity contribution in [2.75, 3.05) is 23.7 Å². The molecule has 5 nitrogen and oxygen atoms in total. The minimum absolute atomic E-state index is 0. The Labute approximate surface area is 157 Å². The normalized spacial score (nSPS) is 19.6. The second-order valence-electron chi connectivity index (χ2n) is 6.31. The molecule has 2 amide bonds. The molecule has 2 aromatic rings. The number of rotatable bonds is 4. The number of halogens is 1. The molecule has 2 heterocycles. The van der Waals surface area contributed by atoms with Gasteiger partial charge in [-0.1, -0.05) is 12.1 Å². The van der Waals surface area contributed by atoms with E-state index in [1.807, 2.05) is 36.6 Å². The van der Waals surface area contributed by atoms with Crippen molar-refractivity contribution in [1.82, 2.24) is 5.32 Å². The number of carbonyl (C=O) groups is 2. The quantitative estimate of drug-likeness (QED) is 0.757. The Kier molecular flexibility index (Phi) is 6.58. The molecule has 1 aliphatic rings. The molecule has 0 spiro atoms. The number of amides is 2. The van der Waals surface area contributed by atoms with Gasteiger partial charge in [-0.25, -0.2) is 0 Å². The SMILES string of the molecule is CC1(C(=O)Nc2cccc(NC(=O)c3cccs3)c2)CCCNC1.Cl. The molecule has 3 rings (SSSR count). The highest BCUT2D eigenvalue weighted by Crippen LogP contribution is 2.28. The zero-order chi connectivity index (χ0) is 17.0. The smallest absolute Gasteiger partial charge is 0.265 e. The van der Waals surface area contributed by atoms with E-state index in [2.05, 4.69) is 16.0 Å². The van der Waals surface area contributed by atoms with Crippen LogP contribution in [0.3, 0.4) is 0 Å². The molecule has 0 radical (unpaired) electrons. The van der Waals surface area contributed by atoms with Gasteiger partial charge in [0.2, 0.25) is 5.91 Å². The molecule has 1 atom stereocenters. The van der Waals surface area contributed by atoms with Crippen LogP contribution in [0.15, 0.2) is 41.8 Å². The lowest BCUT2D eigenvalue weighted by Crippen LogP contribution is -2.46. The highest BCUT2D eigenvalue weighted by molar-refractivity contribution is 7.12. The van der Waals surface area contributed by atoms with Crippen molar-refractivity contribution in [3.63, 3.8) is 0 Å². The summed E-state index contributed by atoms with van der Waals surface area (Å²) in [5.74, 6) is -0.131. The fraction of sp³-hybridized carbons (Fsp3) is 0.333. The maximum atomic E-state index is 12.6. The fourth-order valence-electron chi connectivity index (χ4n) is 2.81. The minimum atomic E-state index is -0.394. The Morgan fingerprint density at radius 3 is 2.56 bits per heavy atom. The van der Waals surface area contributed by atoms with Gasteiger partial charge in [0.1, 0.15) is 0 Å². The van der Waals surface area contributed by atoms with Gasteiger partial charge >= 0.3 is 0 Å². The second-order valence-corrected chi connectivity index (χ2v) is 7.26. The van der Waals surface area contributed by atoms with E-state index < -0.39 is 5.41 Å². The summed E-state index contributed by atoms with van der Waals surface area (Å²) in [6.07, 6.45) is 1.88.